The van der Waals surface area contributed by atoms with Crippen LogP contribution in [0.1, 0.15) is 5.56 Å². The van der Waals surface area contributed by atoms with Crippen LogP contribution in [0.25, 0.3) is 22.4 Å². The third kappa shape index (κ3) is 3.07. The van der Waals surface area contributed by atoms with Gasteiger partial charge in [-0.2, -0.15) is 13.2 Å². The second-order valence-corrected chi connectivity index (χ2v) is 6.43. The number of aromatic amines is 2. The normalized spacial score (nSPS) is 13.3. The first kappa shape index (κ1) is 17.3. The SMILES string of the molecule is CNc1ccccc1-c1ccc2c(c1)N(CC(F)(F)F)Cc1c-2[nH][nH]c1=O. The summed E-state index contributed by atoms with van der Waals surface area (Å²) in [6, 6.07) is 12.9. The van der Waals surface area contributed by atoms with Crippen molar-refractivity contribution in [2.45, 2.75) is 12.7 Å². The molecule has 4 rings (SSSR count). The van der Waals surface area contributed by atoms with Crippen LogP contribution >= 0.6 is 0 Å². The van der Waals surface area contributed by atoms with Gasteiger partial charge < -0.3 is 10.2 Å². The minimum atomic E-state index is -4.38. The van der Waals surface area contributed by atoms with E-state index in [1.807, 2.05) is 30.3 Å². The summed E-state index contributed by atoms with van der Waals surface area (Å²) in [5.41, 5.74) is 4.05. The molecule has 140 valence electrons. The number of anilines is 2. The van der Waals surface area contributed by atoms with Crippen LogP contribution in [0.15, 0.2) is 47.3 Å². The summed E-state index contributed by atoms with van der Waals surface area (Å²) in [5.74, 6) is 0. The van der Waals surface area contributed by atoms with Crippen molar-refractivity contribution in [2.75, 3.05) is 23.8 Å². The van der Waals surface area contributed by atoms with E-state index >= 15 is 0 Å². The van der Waals surface area contributed by atoms with Gasteiger partial charge in [-0.1, -0.05) is 30.3 Å². The lowest BCUT2D eigenvalue weighted by Crippen LogP contribution is -2.37. The first-order chi connectivity index (χ1) is 12.9. The molecule has 0 radical (unpaired) electrons. The average molecular weight is 374 g/mol. The molecule has 0 aliphatic carbocycles. The Hall–Kier alpha value is -3.16. The van der Waals surface area contributed by atoms with E-state index in [4.69, 9.17) is 0 Å². The predicted octanol–water partition coefficient (Wildman–Crippen LogP) is 3.96. The number of rotatable bonds is 3. The highest BCUT2D eigenvalue weighted by Gasteiger charge is 2.35. The Labute approximate surface area is 152 Å². The predicted molar refractivity (Wildman–Crippen MR) is 98.9 cm³/mol. The number of fused-ring (bicyclic) bond motifs is 3. The van der Waals surface area contributed by atoms with Crippen molar-refractivity contribution >= 4 is 11.4 Å². The molecule has 1 aliphatic heterocycles. The second-order valence-electron chi connectivity index (χ2n) is 6.43. The van der Waals surface area contributed by atoms with Crippen molar-refractivity contribution < 1.29 is 13.2 Å². The molecule has 1 aliphatic rings. The molecule has 5 nitrogen and oxygen atoms in total. The zero-order chi connectivity index (χ0) is 19.2. The summed E-state index contributed by atoms with van der Waals surface area (Å²) >= 11 is 0. The fraction of sp³-hybridized carbons (Fsp3) is 0.211. The largest absolute Gasteiger partial charge is 0.405 e. The Bertz CT molecular complexity index is 1050. The van der Waals surface area contributed by atoms with E-state index in [0.717, 1.165) is 16.8 Å². The van der Waals surface area contributed by atoms with Gasteiger partial charge in [0, 0.05) is 29.5 Å². The Balaban J connectivity index is 1.88. The van der Waals surface area contributed by atoms with Crippen LogP contribution in [-0.2, 0) is 6.54 Å². The van der Waals surface area contributed by atoms with Crippen molar-refractivity contribution in [3.63, 3.8) is 0 Å². The van der Waals surface area contributed by atoms with Gasteiger partial charge in [-0.3, -0.25) is 15.0 Å². The van der Waals surface area contributed by atoms with Crippen molar-refractivity contribution in [1.29, 1.82) is 0 Å². The fourth-order valence-electron chi connectivity index (χ4n) is 3.52. The zero-order valence-corrected chi connectivity index (χ0v) is 14.4. The topological polar surface area (TPSA) is 63.9 Å². The Kier molecular flexibility index (Phi) is 3.98. The van der Waals surface area contributed by atoms with Crippen LogP contribution < -0.4 is 15.8 Å². The van der Waals surface area contributed by atoms with Gasteiger partial charge in [-0.05, 0) is 17.7 Å². The highest BCUT2D eigenvalue weighted by atomic mass is 19.4. The maximum atomic E-state index is 13.1. The summed E-state index contributed by atoms with van der Waals surface area (Å²) in [4.78, 5) is 13.2. The summed E-state index contributed by atoms with van der Waals surface area (Å²) in [6.45, 7) is -1.22. The molecule has 2 heterocycles. The van der Waals surface area contributed by atoms with Gasteiger partial charge in [0.05, 0.1) is 17.8 Å². The first-order valence-corrected chi connectivity index (χ1v) is 8.40. The van der Waals surface area contributed by atoms with E-state index in [1.54, 1.807) is 19.2 Å². The lowest BCUT2D eigenvalue weighted by Gasteiger charge is -2.31. The quantitative estimate of drug-likeness (QED) is 0.650. The molecule has 2 aromatic carbocycles. The number of aromatic nitrogens is 2. The maximum absolute atomic E-state index is 13.1. The van der Waals surface area contributed by atoms with Crippen LogP contribution in [0.5, 0.6) is 0 Å². The molecular formula is C19H17F3N4O. The smallest absolute Gasteiger partial charge is 0.388 e. The number of hydrogen-bond donors (Lipinski definition) is 3. The van der Waals surface area contributed by atoms with Gasteiger partial charge in [-0.15, -0.1) is 0 Å². The van der Waals surface area contributed by atoms with Crippen LogP contribution in [0, 0.1) is 0 Å². The van der Waals surface area contributed by atoms with Crippen molar-refractivity contribution in [2.24, 2.45) is 0 Å². The zero-order valence-electron chi connectivity index (χ0n) is 14.4. The van der Waals surface area contributed by atoms with Gasteiger partial charge in [0.15, 0.2) is 0 Å². The van der Waals surface area contributed by atoms with Gasteiger partial charge in [0.25, 0.3) is 5.56 Å². The van der Waals surface area contributed by atoms with Crippen LogP contribution in [-0.4, -0.2) is 30.0 Å². The summed E-state index contributed by atoms with van der Waals surface area (Å²) in [7, 11) is 1.80. The molecule has 0 atom stereocenters. The molecule has 0 saturated heterocycles. The van der Waals surface area contributed by atoms with Crippen molar-refractivity contribution in [3.05, 3.63) is 58.4 Å². The maximum Gasteiger partial charge on any atom is 0.405 e. The number of alkyl halides is 3. The van der Waals surface area contributed by atoms with Crippen LogP contribution in [0.2, 0.25) is 0 Å². The summed E-state index contributed by atoms with van der Waals surface area (Å²) in [5, 5.41) is 8.36. The molecule has 0 fully saturated rings. The van der Waals surface area contributed by atoms with Crippen LogP contribution in [0.4, 0.5) is 24.5 Å². The molecule has 0 bridgehead atoms. The van der Waals surface area contributed by atoms with Crippen molar-refractivity contribution in [3.8, 4) is 22.4 Å². The lowest BCUT2D eigenvalue weighted by molar-refractivity contribution is -0.120. The van der Waals surface area contributed by atoms with Gasteiger partial charge in [0.2, 0.25) is 0 Å². The fourth-order valence-corrected chi connectivity index (χ4v) is 3.52. The standard InChI is InChI=1S/C19H17F3N4O/c1-23-15-5-3-2-4-12(15)11-6-7-13-16(8-11)26(10-19(20,21)22)9-14-17(13)24-25-18(14)27/h2-8,23H,9-10H2,1H3,(H2,24,25,27). The van der Waals surface area contributed by atoms with Gasteiger partial charge >= 0.3 is 6.18 Å². The number of nitrogens with zero attached hydrogens (tertiary/aromatic N) is 1. The van der Waals surface area contributed by atoms with E-state index in [1.165, 1.54) is 4.90 Å². The monoisotopic (exact) mass is 374 g/mol. The summed E-state index contributed by atoms with van der Waals surface area (Å²) < 4.78 is 39.4. The lowest BCUT2D eigenvalue weighted by atomic mass is 9.95. The highest BCUT2D eigenvalue weighted by Crippen LogP contribution is 2.41. The molecular weight excluding hydrogens is 357 g/mol. The number of benzene rings is 2. The molecule has 0 unspecified atom stereocenters. The minimum absolute atomic E-state index is 0.0994. The molecule has 3 aromatic rings. The molecule has 0 spiro atoms. The van der Waals surface area contributed by atoms with Gasteiger partial charge in [0.1, 0.15) is 6.54 Å². The van der Waals surface area contributed by atoms with Crippen LogP contribution in [0.3, 0.4) is 0 Å². The number of H-pyrrole nitrogens is 2. The Morgan fingerprint density at radius 2 is 1.89 bits per heavy atom. The number of nitrogens with one attached hydrogen (secondary N) is 3. The number of para-hydroxylation sites is 1. The molecule has 1 aromatic heterocycles. The number of hydrogen-bond acceptors (Lipinski definition) is 3. The van der Waals surface area contributed by atoms with Crippen molar-refractivity contribution in [1.82, 2.24) is 10.2 Å². The third-order valence-corrected chi connectivity index (χ3v) is 4.71. The van der Waals surface area contributed by atoms with E-state index in [0.29, 0.717) is 22.5 Å². The summed E-state index contributed by atoms with van der Waals surface area (Å²) in [6.07, 6.45) is -4.38. The van der Waals surface area contributed by atoms with E-state index in [2.05, 4.69) is 15.5 Å². The Morgan fingerprint density at radius 3 is 2.63 bits per heavy atom. The van der Waals surface area contributed by atoms with E-state index in [9.17, 15) is 18.0 Å². The van der Waals surface area contributed by atoms with E-state index < -0.39 is 18.3 Å². The first-order valence-electron chi connectivity index (χ1n) is 8.40. The van der Waals surface area contributed by atoms with E-state index in [-0.39, 0.29) is 6.54 Å². The average Bonchev–Trinajstić information content (AvgIpc) is 3.01. The molecule has 0 amide bonds. The minimum Gasteiger partial charge on any atom is -0.388 e. The molecule has 3 N–H and O–H groups in total. The Morgan fingerprint density at radius 1 is 1.11 bits per heavy atom. The second kappa shape index (κ2) is 6.22. The number of halogens is 3. The third-order valence-electron chi connectivity index (χ3n) is 4.71. The molecule has 8 heteroatoms. The molecule has 27 heavy (non-hydrogen) atoms. The van der Waals surface area contributed by atoms with Gasteiger partial charge in [-0.25, -0.2) is 0 Å². The highest BCUT2D eigenvalue weighted by molar-refractivity contribution is 5.87. The molecule has 0 saturated carbocycles.